The van der Waals surface area contributed by atoms with Gasteiger partial charge < -0.3 is 5.11 Å². The largest absolute Gasteiger partial charge is 0.389 e. The number of sulfonamides is 1. The molecule has 0 radical (unpaired) electrons. The Morgan fingerprint density at radius 1 is 1.10 bits per heavy atom. The number of hydrogen-bond acceptors (Lipinski definition) is 3. The van der Waals surface area contributed by atoms with E-state index in [1.165, 1.54) is 19.3 Å². The Morgan fingerprint density at radius 3 is 2.19 bits per heavy atom. The van der Waals surface area contributed by atoms with Gasteiger partial charge in [-0.2, -0.15) is 0 Å². The quantitative estimate of drug-likeness (QED) is 0.878. The molecule has 1 fully saturated rings. The molecule has 1 aromatic rings. The Labute approximate surface area is 127 Å². The third-order valence-corrected chi connectivity index (χ3v) is 5.95. The van der Waals surface area contributed by atoms with Gasteiger partial charge in [-0.1, -0.05) is 31.4 Å². The van der Waals surface area contributed by atoms with Gasteiger partial charge in [-0.15, -0.1) is 0 Å². The lowest BCUT2D eigenvalue weighted by atomic mass is 9.85. The van der Waals surface area contributed by atoms with E-state index in [1.54, 1.807) is 31.2 Å². The van der Waals surface area contributed by atoms with E-state index in [0.717, 1.165) is 12.8 Å². The highest BCUT2D eigenvalue weighted by Crippen LogP contribution is 2.27. The second kappa shape index (κ2) is 6.90. The summed E-state index contributed by atoms with van der Waals surface area (Å²) in [4.78, 5) is 0.259. The van der Waals surface area contributed by atoms with Crippen molar-refractivity contribution in [2.24, 2.45) is 5.92 Å². The zero-order valence-corrected chi connectivity index (χ0v) is 13.6. The lowest BCUT2D eigenvalue weighted by molar-refractivity contribution is 0.199. The van der Waals surface area contributed by atoms with E-state index in [2.05, 4.69) is 4.72 Å². The molecule has 0 aliphatic heterocycles. The molecule has 1 aliphatic rings. The molecule has 0 heterocycles. The summed E-state index contributed by atoms with van der Waals surface area (Å²) in [5, 5.41) is 9.47. The van der Waals surface area contributed by atoms with Crippen LogP contribution in [0.3, 0.4) is 0 Å². The summed E-state index contributed by atoms with van der Waals surface area (Å²) in [7, 11) is -3.48. The zero-order chi connectivity index (χ0) is 15.5. The fourth-order valence-electron chi connectivity index (χ4n) is 2.97. The lowest BCUT2D eigenvalue weighted by Gasteiger charge is -2.28. The Hall–Kier alpha value is -0.910. The first kappa shape index (κ1) is 16.5. The fourth-order valence-corrected chi connectivity index (χ4v) is 4.28. The maximum absolute atomic E-state index is 12.4. The van der Waals surface area contributed by atoms with E-state index in [1.807, 2.05) is 6.92 Å². The summed E-state index contributed by atoms with van der Waals surface area (Å²) in [6, 6.07) is 6.39. The SMILES string of the molecule is CC(O)c1ccc(S(=O)(=O)NC(C)C2CCCCC2)cc1. The average molecular weight is 311 g/mol. The zero-order valence-electron chi connectivity index (χ0n) is 12.7. The smallest absolute Gasteiger partial charge is 0.240 e. The molecule has 5 heteroatoms. The maximum Gasteiger partial charge on any atom is 0.240 e. The average Bonchev–Trinajstić information content (AvgIpc) is 2.48. The molecule has 2 unspecified atom stereocenters. The molecule has 21 heavy (non-hydrogen) atoms. The third-order valence-electron chi connectivity index (χ3n) is 4.37. The number of hydrogen-bond donors (Lipinski definition) is 2. The van der Waals surface area contributed by atoms with Crippen molar-refractivity contribution in [1.29, 1.82) is 0 Å². The van der Waals surface area contributed by atoms with E-state index in [0.29, 0.717) is 11.5 Å². The normalized spacial score (nSPS) is 20.1. The number of rotatable bonds is 5. The molecule has 2 atom stereocenters. The molecule has 0 amide bonds. The second-order valence-corrected chi connectivity index (χ2v) is 7.77. The molecule has 2 rings (SSSR count). The number of nitrogens with one attached hydrogen (secondary N) is 1. The van der Waals surface area contributed by atoms with Gasteiger partial charge in [0.1, 0.15) is 0 Å². The molecule has 0 bridgehead atoms. The highest BCUT2D eigenvalue weighted by molar-refractivity contribution is 7.89. The summed E-state index contributed by atoms with van der Waals surface area (Å²) < 4.78 is 27.6. The van der Waals surface area contributed by atoms with Gasteiger partial charge in [-0.05, 0) is 50.3 Å². The minimum absolute atomic E-state index is 0.0354. The van der Waals surface area contributed by atoms with Crippen molar-refractivity contribution in [3.05, 3.63) is 29.8 Å². The van der Waals surface area contributed by atoms with Crippen LogP contribution in [0.2, 0.25) is 0 Å². The topological polar surface area (TPSA) is 66.4 Å². The number of aliphatic hydroxyl groups is 1. The first-order valence-electron chi connectivity index (χ1n) is 7.70. The number of benzene rings is 1. The van der Waals surface area contributed by atoms with Gasteiger partial charge in [0.05, 0.1) is 11.0 Å². The monoisotopic (exact) mass is 311 g/mol. The standard InChI is InChI=1S/C16H25NO3S/c1-12(14-6-4-3-5-7-14)17-21(19,20)16-10-8-15(9-11-16)13(2)18/h8-14,17-18H,3-7H2,1-2H3. The van der Waals surface area contributed by atoms with Crippen LogP contribution in [0.25, 0.3) is 0 Å². The van der Waals surface area contributed by atoms with Gasteiger partial charge in [0.15, 0.2) is 0 Å². The van der Waals surface area contributed by atoms with Crippen LogP contribution < -0.4 is 4.72 Å². The van der Waals surface area contributed by atoms with Crippen LogP contribution in [-0.2, 0) is 10.0 Å². The molecule has 0 aromatic heterocycles. The van der Waals surface area contributed by atoms with E-state index in [-0.39, 0.29) is 10.9 Å². The Kier molecular flexibility index (Phi) is 5.41. The first-order valence-corrected chi connectivity index (χ1v) is 9.19. The van der Waals surface area contributed by atoms with Gasteiger partial charge in [0.25, 0.3) is 0 Å². The van der Waals surface area contributed by atoms with E-state index >= 15 is 0 Å². The van der Waals surface area contributed by atoms with Crippen molar-refractivity contribution in [3.63, 3.8) is 0 Å². The molecule has 1 aromatic carbocycles. The summed E-state index contributed by atoms with van der Waals surface area (Å²) in [5.74, 6) is 0.435. The van der Waals surface area contributed by atoms with Gasteiger partial charge in [-0.3, -0.25) is 0 Å². The lowest BCUT2D eigenvalue weighted by Crippen LogP contribution is -2.38. The van der Waals surface area contributed by atoms with Crippen molar-refractivity contribution in [3.8, 4) is 0 Å². The van der Waals surface area contributed by atoms with E-state index in [9.17, 15) is 13.5 Å². The van der Waals surface area contributed by atoms with Gasteiger partial charge >= 0.3 is 0 Å². The van der Waals surface area contributed by atoms with Gasteiger partial charge in [0.2, 0.25) is 10.0 Å². The van der Waals surface area contributed by atoms with Crippen LogP contribution in [0.1, 0.15) is 57.6 Å². The molecule has 0 spiro atoms. The van der Waals surface area contributed by atoms with Crippen LogP contribution in [0, 0.1) is 5.92 Å². The minimum atomic E-state index is -3.48. The van der Waals surface area contributed by atoms with Gasteiger partial charge in [-0.25, -0.2) is 13.1 Å². The molecule has 1 saturated carbocycles. The molecular formula is C16H25NO3S. The predicted molar refractivity (Wildman–Crippen MR) is 83.4 cm³/mol. The highest BCUT2D eigenvalue weighted by atomic mass is 32.2. The molecule has 118 valence electrons. The van der Waals surface area contributed by atoms with Crippen molar-refractivity contribution in [2.75, 3.05) is 0 Å². The Balaban J connectivity index is 2.06. The Bertz CT molecular complexity index is 545. The molecule has 4 nitrogen and oxygen atoms in total. The highest BCUT2D eigenvalue weighted by Gasteiger charge is 2.25. The Morgan fingerprint density at radius 2 is 1.67 bits per heavy atom. The predicted octanol–water partition coefficient (Wildman–Crippen LogP) is 2.99. The van der Waals surface area contributed by atoms with E-state index in [4.69, 9.17) is 0 Å². The van der Waals surface area contributed by atoms with Crippen LogP contribution in [0.4, 0.5) is 0 Å². The van der Waals surface area contributed by atoms with Crippen molar-refractivity contribution >= 4 is 10.0 Å². The fraction of sp³-hybridized carbons (Fsp3) is 0.625. The van der Waals surface area contributed by atoms with Gasteiger partial charge in [0, 0.05) is 6.04 Å². The van der Waals surface area contributed by atoms with E-state index < -0.39 is 16.1 Å². The molecular weight excluding hydrogens is 286 g/mol. The van der Waals surface area contributed by atoms with Crippen molar-refractivity contribution in [2.45, 2.75) is 63.0 Å². The van der Waals surface area contributed by atoms with Crippen molar-refractivity contribution < 1.29 is 13.5 Å². The maximum atomic E-state index is 12.4. The molecule has 1 aliphatic carbocycles. The first-order chi connectivity index (χ1) is 9.90. The summed E-state index contributed by atoms with van der Waals surface area (Å²) in [5.41, 5.74) is 0.717. The van der Waals surface area contributed by atoms with Crippen LogP contribution in [0.5, 0.6) is 0 Å². The summed E-state index contributed by atoms with van der Waals surface area (Å²) in [6.07, 6.45) is 5.27. The van der Waals surface area contributed by atoms with Crippen LogP contribution in [-0.4, -0.2) is 19.6 Å². The third kappa shape index (κ3) is 4.28. The summed E-state index contributed by atoms with van der Waals surface area (Å²) >= 11 is 0. The van der Waals surface area contributed by atoms with Crippen LogP contribution in [0.15, 0.2) is 29.2 Å². The molecule has 0 saturated heterocycles. The molecule has 2 N–H and O–H groups in total. The number of aliphatic hydroxyl groups excluding tert-OH is 1. The summed E-state index contributed by atoms with van der Waals surface area (Å²) in [6.45, 7) is 3.62. The van der Waals surface area contributed by atoms with Crippen molar-refractivity contribution in [1.82, 2.24) is 4.72 Å². The minimum Gasteiger partial charge on any atom is -0.389 e. The van der Waals surface area contributed by atoms with Crippen LogP contribution >= 0.6 is 0 Å². The second-order valence-electron chi connectivity index (χ2n) is 6.05.